The molecule has 0 radical (unpaired) electrons. The number of nitrogens with zero attached hydrogens (tertiary/aromatic N) is 1. The summed E-state index contributed by atoms with van der Waals surface area (Å²) in [5.41, 5.74) is 0. The van der Waals surface area contributed by atoms with Crippen LogP contribution in [-0.4, -0.2) is 82.3 Å². The summed E-state index contributed by atoms with van der Waals surface area (Å²) in [4.78, 5) is 37.4. The molecule has 2 atom stereocenters. The number of rotatable bonds is 66. The normalized spacial score (nSPS) is 13.1. The molecule has 0 spiro atoms. The predicted octanol–water partition coefficient (Wildman–Crippen LogP) is 20.7. The highest BCUT2D eigenvalue weighted by molar-refractivity contribution is 5.70. The van der Waals surface area contributed by atoms with Crippen LogP contribution in [-0.2, 0) is 33.3 Å². The van der Waals surface area contributed by atoms with E-state index in [1.165, 1.54) is 225 Å². The molecule has 0 saturated heterocycles. The Balaban J connectivity index is 4.02. The lowest BCUT2D eigenvalue weighted by Crippen LogP contribution is -2.44. The molecule has 0 bridgehead atoms. The number of esters is 2. The Morgan fingerprint density at radius 1 is 0.369 bits per heavy atom. The number of hydrogen-bond donors (Lipinski definition) is 0. The number of allylic oxidation sites excluding steroid dienone is 12. The van der Waals surface area contributed by atoms with Gasteiger partial charge in [0.1, 0.15) is 13.2 Å². The minimum absolute atomic E-state index is 0.137. The number of quaternary nitrogens is 1. The van der Waals surface area contributed by atoms with Crippen LogP contribution in [0.1, 0.15) is 328 Å². The maximum absolute atomic E-state index is 12.9. The first-order valence-corrected chi connectivity index (χ1v) is 35.6. The van der Waals surface area contributed by atoms with E-state index in [1.54, 1.807) is 0 Å². The fraction of sp³-hybridized carbons (Fsp3) is 0.800. The highest BCUT2D eigenvalue weighted by Crippen LogP contribution is 2.19. The second-order valence-corrected chi connectivity index (χ2v) is 25.2. The Hall–Kier alpha value is -3.27. The van der Waals surface area contributed by atoms with Crippen molar-refractivity contribution in [2.24, 2.45) is 0 Å². The summed E-state index contributed by atoms with van der Waals surface area (Å²) in [6.45, 7) is 4.62. The molecule has 0 saturated carbocycles. The zero-order valence-corrected chi connectivity index (χ0v) is 55.8. The number of ether oxygens (including phenoxy) is 4. The van der Waals surface area contributed by atoms with E-state index in [1.807, 2.05) is 21.1 Å². The van der Waals surface area contributed by atoms with E-state index < -0.39 is 24.3 Å². The third-order valence-corrected chi connectivity index (χ3v) is 15.7. The van der Waals surface area contributed by atoms with Crippen LogP contribution in [0.5, 0.6) is 0 Å². The van der Waals surface area contributed by atoms with Crippen LogP contribution >= 0.6 is 0 Å². The van der Waals surface area contributed by atoms with E-state index in [4.69, 9.17) is 18.9 Å². The van der Waals surface area contributed by atoms with Gasteiger partial charge in [-0.1, -0.05) is 324 Å². The molecular weight excluding hydrogens is 1040 g/mol. The van der Waals surface area contributed by atoms with Crippen molar-refractivity contribution in [3.8, 4) is 0 Å². The summed E-state index contributed by atoms with van der Waals surface area (Å²) in [5, 5.41) is 11.8. The molecule has 0 aliphatic heterocycles. The van der Waals surface area contributed by atoms with Crippen LogP contribution in [0.4, 0.5) is 0 Å². The van der Waals surface area contributed by atoms with Gasteiger partial charge in [-0.05, 0) is 64.2 Å². The molecule has 0 aliphatic carbocycles. The summed E-state index contributed by atoms with van der Waals surface area (Å²) < 4.78 is 22.7. The van der Waals surface area contributed by atoms with Crippen molar-refractivity contribution in [3.05, 3.63) is 72.9 Å². The lowest BCUT2D eigenvalue weighted by atomic mass is 10.0. The number of carboxylic acids is 1. The van der Waals surface area contributed by atoms with E-state index in [-0.39, 0.29) is 38.6 Å². The second kappa shape index (κ2) is 65.7. The van der Waals surface area contributed by atoms with E-state index >= 15 is 0 Å². The van der Waals surface area contributed by atoms with Gasteiger partial charge in [-0.3, -0.25) is 9.59 Å². The molecule has 0 aromatic heterocycles. The van der Waals surface area contributed by atoms with Crippen molar-refractivity contribution in [1.29, 1.82) is 0 Å². The third-order valence-electron chi connectivity index (χ3n) is 15.7. The van der Waals surface area contributed by atoms with E-state index in [0.29, 0.717) is 17.4 Å². The van der Waals surface area contributed by atoms with Gasteiger partial charge in [0, 0.05) is 12.8 Å². The van der Waals surface area contributed by atoms with E-state index in [0.717, 1.165) is 70.6 Å². The molecule has 2 unspecified atom stereocenters. The predicted molar refractivity (Wildman–Crippen MR) is 357 cm³/mol. The van der Waals surface area contributed by atoms with E-state index in [9.17, 15) is 19.5 Å². The summed E-state index contributed by atoms with van der Waals surface area (Å²) in [7, 11) is 5.91. The number of carboxylic acid groups (broad SMARTS) is 1. The number of aliphatic carboxylic acids is 1. The molecule has 0 N–H and O–H groups in total. The fourth-order valence-corrected chi connectivity index (χ4v) is 10.3. The molecular formula is C75H135NO8. The Morgan fingerprint density at radius 3 is 1.01 bits per heavy atom. The number of likely N-dealkylation sites (N-methyl/N-ethyl adjacent to an activating group) is 1. The van der Waals surface area contributed by atoms with Crippen molar-refractivity contribution in [1.82, 2.24) is 0 Å². The Bertz CT molecular complexity index is 1610. The van der Waals surface area contributed by atoms with Crippen molar-refractivity contribution < 1.29 is 42.9 Å². The average Bonchev–Trinajstić information content (AvgIpc) is 3.55. The second-order valence-electron chi connectivity index (χ2n) is 25.2. The van der Waals surface area contributed by atoms with Crippen molar-refractivity contribution in [3.63, 3.8) is 0 Å². The fourth-order valence-electron chi connectivity index (χ4n) is 10.3. The molecule has 0 fully saturated rings. The van der Waals surface area contributed by atoms with Gasteiger partial charge in [0.05, 0.1) is 40.3 Å². The largest absolute Gasteiger partial charge is 0.545 e. The molecule has 84 heavy (non-hydrogen) atoms. The highest BCUT2D eigenvalue weighted by Gasteiger charge is 2.22. The first-order valence-electron chi connectivity index (χ1n) is 35.6. The Kier molecular flexibility index (Phi) is 63.1. The van der Waals surface area contributed by atoms with E-state index in [2.05, 4.69) is 86.8 Å². The summed E-state index contributed by atoms with van der Waals surface area (Å²) in [6.07, 6.45) is 84.5. The molecule has 0 aromatic rings. The number of unbranched alkanes of at least 4 members (excludes halogenated alkanes) is 39. The first-order chi connectivity index (χ1) is 41.1. The molecule has 0 aliphatic rings. The van der Waals surface area contributed by atoms with Gasteiger partial charge in [0.2, 0.25) is 0 Å². The van der Waals surface area contributed by atoms with Crippen molar-refractivity contribution in [2.45, 2.75) is 341 Å². The quantitative estimate of drug-likeness (QED) is 0.0195. The topological polar surface area (TPSA) is 111 Å². The molecule has 0 aromatic carbocycles. The highest BCUT2D eigenvalue weighted by atomic mass is 16.7. The van der Waals surface area contributed by atoms with Gasteiger partial charge in [0.15, 0.2) is 12.4 Å². The number of carbonyl (C=O) groups excluding carboxylic acids is 3. The molecule has 488 valence electrons. The summed E-state index contributed by atoms with van der Waals surface area (Å²) in [5.74, 6) is -2.33. The first kappa shape index (κ1) is 80.7. The van der Waals surface area contributed by atoms with Crippen LogP contribution in [0, 0.1) is 0 Å². The van der Waals surface area contributed by atoms with Gasteiger partial charge in [0.25, 0.3) is 0 Å². The molecule has 0 rings (SSSR count). The smallest absolute Gasteiger partial charge is 0.306 e. The van der Waals surface area contributed by atoms with Crippen LogP contribution in [0.2, 0.25) is 0 Å². The minimum Gasteiger partial charge on any atom is -0.545 e. The SMILES string of the molecule is CC/C=C\C/C=C\C/C=C\C/C=C\C/C=C\C/C=C\CCCCC(=O)OC(COC(=O)CCCCCCCCCCCCCCCCCCCCCCCCCCCCCCCCCCCCCCCC)COC(OCC[N+](C)(C)C)C(=O)[O-]. The zero-order chi connectivity index (χ0) is 61.2. The van der Waals surface area contributed by atoms with Gasteiger partial charge < -0.3 is 33.3 Å². The Labute approximate surface area is 519 Å². The van der Waals surface area contributed by atoms with Gasteiger partial charge >= 0.3 is 11.9 Å². The van der Waals surface area contributed by atoms with Crippen LogP contribution < -0.4 is 5.11 Å². The van der Waals surface area contributed by atoms with Crippen LogP contribution in [0.15, 0.2) is 72.9 Å². The van der Waals surface area contributed by atoms with Crippen LogP contribution in [0.25, 0.3) is 0 Å². The summed E-state index contributed by atoms with van der Waals surface area (Å²) >= 11 is 0. The number of hydrogen-bond acceptors (Lipinski definition) is 8. The lowest BCUT2D eigenvalue weighted by Gasteiger charge is -2.26. The summed E-state index contributed by atoms with van der Waals surface area (Å²) in [6, 6.07) is 0. The molecule has 9 nitrogen and oxygen atoms in total. The maximum atomic E-state index is 12.9. The molecule has 9 heteroatoms. The minimum atomic E-state index is -1.64. The monoisotopic (exact) mass is 1180 g/mol. The molecule has 0 amide bonds. The molecule has 0 heterocycles. The maximum Gasteiger partial charge on any atom is 0.306 e. The van der Waals surface area contributed by atoms with Crippen molar-refractivity contribution >= 4 is 17.9 Å². The average molecular weight is 1180 g/mol. The van der Waals surface area contributed by atoms with Gasteiger partial charge in [-0.2, -0.15) is 0 Å². The van der Waals surface area contributed by atoms with Gasteiger partial charge in [-0.25, -0.2) is 0 Å². The van der Waals surface area contributed by atoms with Crippen LogP contribution in [0.3, 0.4) is 0 Å². The third kappa shape index (κ3) is 66.3. The van der Waals surface area contributed by atoms with Gasteiger partial charge in [-0.15, -0.1) is 0 Å². The standard InChI is InChI=1S/C75H135NO8/c1-6-8-10-12-14-16-18-20-22-24-26-28-29-30-31-32-33-34-35-36-37-38-39-40-41-42-43-44-46-47-49-51-53-55-57-59-61-63-65-72(77)82-69-71(70-83-75(74(79)80)81-68-67-76(3,4)5)84-73(78)66-64-62-60-58-56-54-52-50-48-45-27-25-23-21-19-17-15-13-11-9-7-2/h9,11,15,17,21,23,27,45,50,52,56,58,71,75H,6-8,10,12-14,16,18-20,22,24-26,28-44,46-49,51,53-55,57,59-70H2,1-5H3/b11-9-,17-15-,23-21-,45-27-,52-50-,58-56-. The lowest BCUT2D eigenvalue weighted by molar-refractivity contribution is -0.870. The van der Waals surface area contributed by atoms with Crippen molar-refractivity contribution in [2.75, 3.05) is 47.5 Å². The Morgan fingerprint density at radius 2 is 0.679 bits per heavy atom. The zero-order valence-electron chi connectivity index (χ0n) is 55.8. The number of carbonyl (C=O) groups is 3.